The summed E-state index contributed by atoms with van der Waals surface area (Å²) in [5.41, 5.74) is 2.19. The molecule has 3 rings (SSSR count). The molecule has 0 amide bonds. The molecule has 1 fully saturated rings. The minimum atomic E-state index is -0.678. The van der Waals surface area contributed by atoms with Crippen LogP contribution in [0.15, 0.2) is 46.9 Å². The van der Waals surface area contributed by atoms with Crippen molar-refractivity contribution in [3.8, 4) is 11.5 Å². The third-order valence-corrected chi connectivity index (χ3v) is 6.91. The lowest BCUT2D eigenvalue weighted by atomic mass is 9.78. The van der Waals surface area contributed by atoms with Crippen molar-refractivity contribution in [3.05, 3.63) is 58.1 Å². The minimum absolute atomic E-state index is 0.151. The van der Waals surface area contributed by atoms with Crippen LogP contribution in [0.5, 0.6) is 11.5 Å². The molecule has 0 unspecified atom stereocenters. The highest BCUT2D eigenvalue weighted by Gasteiger charge is 2.24. The first kappa shape index (κ1) is 25.3. The lowest BCUT2D eigenvalue weighted by molar-refractivity contribution is 0.125. The summed E-state index contributed by atoms with van der Waals surface area (Å²) in [4.78, 5) is 2.49. The lowest BCUT2D eigenvalue weighted by Crippen LogP contribution is -2.43. The number of hydrogen-bond acceptors (Lipinski definition) is 5. The van der Waals surface area contributed by atoms with Crippen molar-refractivity contribution in [1.82, 2.24) is 10.2 Å². The standard InChI is InChI=1S/C25H34BrClN2O3/c1-25(2,20-6-9-24(23(26)16-20)32-18-21(30)17-27)19-4-7-22(8-5-19)31-15-3-12-29-13-10-28-11-14-29/h4-9,16,21,28,30H,3,10-15,17-18H2,1-2H3/t21-/m0/s1. The number of alkyl halides is 1. The molecule has 1 saturated heterocycles. The number of rotatable bonds is 11. The van der Waals surface area contributed by atoms with Gasteiger partial charge in [0.2, 0.25) is 0 Å². The van der Waals surface area contributed by atoms with Gasteiger partial charge in [0.25, 0.3) is 0 Å². The topological polar surface area (TPSA) is 54.0 Å². The summed E-state index contributed by atoms with van der Waals surface area (Å²) in [6, 6.07) is 14.5. The van der Waals surface area contributed by atoms with Crippen molar-refractivity contribution >= 4 is 27.5 Å². The maximum Gasteiger partial charge on any atom is 0.133 e. The van der Waals surface area contributed by atoms with Crippen LogP contribution in [-0.4, -0.2) is 67.9 Å². The van der Waals surface area contributed by atoms with E-state index >= 15 is 0 Å². The van der Waals surface area contributed by atoms with E-state index in [4.69, 9.17) is 21.1 Å². The molecule has 1 aliphatic rings. The molecule has 0 aromatic heterocycles. The molecule has 7 heteroatoms. The fraction of sp³-hybridized carbons (Fsp3) is 0.520. The van der Waals surface area contributed by atoms with Gasteiger partial charge >= 0.3 is 0 Å². The van der Waals surface area contributed by atoms with Crippen molar-refractivity contribution < 1.29 is 14.6 Å². The number of benzene rings is 2. The van der Waals surface area contributed by atoms with Crippen LogP contribution >= 0.6 is 27.5 Å². The Hall–Kier alpha value is -1.31. The molecule has 0 spiro atoms. The Morgan fingerprint density at radius 2 is 1.78 bits per heavy atom. The molecule has 176 valence electrons. The Labute approximate surface area is 205 Å². The van der Waals surface area contributed by atoms with Gasteiger partial charge in [-0.1, -0.05) is 32.0 Å². The van der Waals surface area contributed by atoms with Gasteiger partial charge in [0, 0.05) is 38.1 Å². The Morgan fingerprint density at radius 3 is 2.44 bits per heavy atom. The SMILES string of the molecule is CC(C)(c1ccc(OCCCN2CCNCC2)cc1)c1ccc(OC[C@@H](O)CCl)c(Br)c1. The van der Waals surface area contributed by atoms with Gasteiger partial charge in [-0.05, 0) is 57.7 Å². The average molecular weight is 526 g/mol. The lowest BCUT2D eigenvalue weighted by Gasteiger charge is -2.27. The second-order valence-corrected chi connectivity index (χ2v) is 9.87. The van der Waals surface area contributed by atoms with E-state index in [9.17, 15) is 5.11 Å². The van der Waals surface area contributed by atoms with Crippen molar-refractivity contribution in [2.75, 3.05) is 51.8 Å². The minimum Gasteiger partial charge on any atom is -0.494 e. The first-order valence-electron chi connectivity index (χ1n) is 11.2. The predicted octanol–water partition coefficient (Wildman–Crippen LogP) is 4.43. The van der Waals surface area contributed by atoms with E-state index in [0.717, 1.165) is 56.0 Å². The molecule has 0 bridgehead atoms. The predicted molar refractivity (Wildman–Crippen MR) is 134 cm³/mol. The first-order valence-corrected chi connectivity index (χ1v) is 12.6. The van der Waals surface area contributed by atoms with E-state index < -0.39 is 6.10 Å². The first-order chi connectivity index (χ1) is 15.4. The number of aliphatic hydroxyl groups is 1. The van der Waals surface area contributed by atoms with E-state index in [-0.39, 0.29) is 17.9 Å². The van der Waals surface area contributed by atoms with Crippen LogP contribution in [-0.2, 0) is 5.41 Å². The van der Waals surface area contributed by atoms with Gasteiger partial charge < -0.3 is 24.8 Å². The van der Waals surface area contributed by atoms with Crippen LogP contribution < -0.4 is 14.8 Å². The number of hydrogen-bond donors (Lipinski definition) is 2. The number of ether oxygens (including phenoxy) is 2. The van der Waals surface area contributed by atoms with Crippen LogP contribution in [0.3, 0.4) is 0 Å². The highest BCUT2D eigenvalue weighted by atomic mass is 79.9. The molecule has 32 heavy (non-hydrogen) atoms. The van der Waals surface area contributed by atoms with Crippen molar-refractivity contribution in [1.29, 1.82) is 0 Å². The fourth-order valence-electron chi connectivity index (χ4n) is 3.78. The van der Waals surface area contributed by atoms with Gasteiger partial charge in [-0.3, -0.25) is 0 Å². The molecular formula is C25H34BrClN2O3. The second kappa shape index (κ2) is 12.2. The van der Waals surface area contributed by atoms with Gasteiger partial charge in [-0.25, -0.2) is 0 Å². The number of piperazine rings is 1. The largest absolute Gasteiger partial charge is 0.494 e. The zero-order valence-corrected chi connectivity index (χ0v) is 21.3. The van der Waals surface area contributed by atoms with E-state index in [1.54, 1.807) is 0 Å². The highest BCUT2D eigenvalue weighted by Crippen LogP contribution is 2.36. The van der Waals surface area contributed by atoms with Crippen LogP contribution in [0.1, 0.15) is 31.4 Å². The van der Waals surface area contributed by atoms with Crippen molar-refractivity contribution in [2.45, 2.75) is 31.8 Å². The molecule has 2 aromatic rings. The number of halogens is 2. The molecule has 5 nitrogen and oxygen atoms in total. The number of nitrogens with zero attached hydrogens (tertiary/aromatic N) is 1. The maximum absolute atomic E-state index is 9.61. The summed E-state index contributed by atoms with van der Waals surface area (Å²) in [6.45, 7) is 10.8. The van der Waals surface area contributed by atoms with Crippen LogP contribution in [0.4, 0.5) is 0 Å². The zero-order chi connectivity index (χ0) is 23.0. The number of aliphatic hydroxyl groups excluding tert-OH is 1. The molecular weight excluding hydrogens is 492 g/mol. The molecule has 1 aliphatic heterocycles. The van der Waals surface area contributed by atoms with Crippen LogP contribution in [0.2, 0.25) is 0 Å². The Balaban J connectivity index is 1.55. The molecule has 1 heterocycles. The molecule has 0 saturated carbocycles. The van der Waals surface area contributed by atoms with Crippen molar-refractivity contribution in [3.63, 3.8) is 0 Å². The maximum atomic E-state index is 9.61. The molecule has 2 N–H and O–H groups in total. The summed E-state index contributed by atoms with van der Waals surface area (Å²) in [6.07, 6.45) is 0.361. The van der Waals surface area contributed by atoms with Crippen LogP contribution in [0, 0.1) is 0 Å². The normalized spacial score (nSPS) is 16.0. The smallest absolute Gasteiger partial charge is 0.133 e. The van der Waals surface area contributed by atoms with E-state index in [1.165, 1.54) is 11.1 Å². The zero-order valence-electron chi connectivity index (χ0n) is 18.9. The molecule has 0 aliphatic carbocycles. The highest BCUT2D eigenvalue weighted by molar-refractivity contribution is 9.10. The number of nitrogens with one attached hydrogen (secondary N) is 1. The molecule has 1 atom stereocenters. The van der Waals surface area contributed by atoms with Gasteiger partial charge in [-0.2, -0.15) is 0 Å². The summed E-state index contributed by atoms with van der Waals surface area (Å²) in [7, 11) is 0. The fourth-order valence-corrected chi connectivity index (χ4v) is 4.37. The third kappa shape index (κ3) is 7.09. The quantitative estimate of drug-likeness (QED) is 0.336. The third-order valence-electron chi connectivity index (χ3n) is 5.94. The Morgan fingerprint density at radius 1 is 1.09 bits per heavy atom. The van der Waals surface area contributed by atoms with E-state index in [2.05, 4.69) is 76.4 Å². The van der Waals surface area contributed by atoms with E-state index in [1.807, 2.05) is 6.07 Å². The molecule has 0 radical (unpaired) electrons. The van der Waals surface area contributed by atoms with Crippen molar-refractivity contribution in [2.24, 2.45) is 0 Å². The Kier molecular flexibility index (Phi) is 9.68. The second-order valence-electron chi connectivity index (χ2n) is 8.71. The Bertz CT molecular complexity index is 842. The van der Waals surface area contributed by atoms with Gasteiger partial charge in [-0.15, -0.1) is 11.6 Å². The van der Waals surface area contributed by atoms with Gasteiger partial charge in [0.05, 0.1) is 17.0 Å². The summed E-state index contributed by atoms with van der Waals surface area (Å²) in [5.74, 6) is 1.75. The summed E-state index contributed by atoms with van der Waals surface area (Å²) in [5, 5.41) is 13.0. The monoisotopic (exact) mass is 524 g/mol. The van der Waals surface area contributed by atoms with E-state index in [0.29, 0.717) is 5.75 Å². The van der Waals surface area contributed by atoms with Crippen LogP contribution in [0.25, 0.3) is 0 Å². The summed E-state index contributed by atoms with van der Waals surface area (Å²) < 4.78 is 12.5. The van der Waals surface area contributed by atoms with Gasteiger partial charge in [0.15, 0.2) is 0 Å². The summed E-state index contributed by atoms with van der Waals surface area (Å²) >= 11 is 9.23. The van der Waals surface area contributed by atoms with Gasteiger partial charge in [0.1, 0.15) is 24.2 Å². The average Bonchev–Trinajstić information content (AvgIpc) is 2.81. The molecule has 2 aromatic carbocycles.